The second-order valence-electron chi connectivity index (χ2n) is 15.9. The number of carbonyl (C=O) groups excluding carboxylic acids is 4. The minimum Gasteiger partial charge on any atom is -0.453 e. The topological polar surface area (TPSA) is 175 Å². The second kappa shape index (κ2) is 17.0. The molecule has 2 unspecified atom stereocenters. The van der Waals surface area contributed by atoms with Crippen LogP contribution < -0.4 is 10.6 Å². The van der Waals surface area contributed by atoms with E-state index in [1.807, 2.05) is 37.5 Å². The van der Waals surface area contributed by atoms with E-state index in [1.165, 1.54) is 14.2 Å². The maximum absolute atomic E-state index is 13.7. The van der Waals surface area contributed by atoms with Crippen molar-refractivity contribution in [2.45, 2.75) is 78.6 Å². The van der Waals surface area contributed by atoms with Gasteiger partial charge >= 0.3 is 12.2 Å². The Morgan fingerprint density at radius 2 is 0.964 bits per heavy atom. The van der Waals surface area contributed by atoms with Gasteiger partial charge in [0.05, 0.1) is 50.1 Å². The molecule has 2 aliphatic rings. The molecular formula is C42H54N8O6. The molecule has 0 spiro atoms. The third-order valence-electron chi connectivity index (χ3n) is 10.9. The van der Waals surface area contributed by atoms with Gasteiger partial charge in [-0.05, 0) is 58.8 Å². The number of alkyl carbamates (subject to hydrolysis) is 2. The highest BCUT2D eigenvalue weighted by Gasteiger charge is 2.41. The summed E-state index contributed by atoms with van der Waals surface area (Å²) in [6.07, 6.45) is 3.89. The number of nitrogens with one attached hydrogen (secondary N) is 4. The third-order valence-corrected chi connectivity index (χ3v) is 10.9. The van der Waals surface area contributed by atoms with Crippen molar-refractivity contribution in [3.63, 3.8) is 0 Å². The minimum atomic E-state index is -0.700. The number of amides is 4. The summed E-state index contributed by atoms with van der Waals surface area (Å²) in [5, 5.41) is 5.42. The number of nitrogens with zero attached hydrogens (tertiary/aromatic N) is 4. The number of aromatic nitrogens is 4. The molecule has 0 saturated carbocycles. The Bertz CT molecular complexity index is 1860. The van der Waals surface area contributed by atoms with Gasteiger partial charge in [-0.1, -0.05) is 90.1 Å². The predicted molar refractivity (Wildman–Crippen MR) is 212 cm³/mol. The number of ether oxygens (including phenoxy) is 2. The summed E-state index contributed by atoms with van der Waals surface area (Å²) in [7, 11) is 2.58. The minimum absolute atomic E-state index is 0.114. The Hall–Kier alpha value is -5.66. The van der Waals surface area contributed by atoms with E-state index in [2.05, 4.69) is 83.0 Å². The standard InChI is InChI=1S/C42H54N8O6/c1-23(2)35(47-41(53)55-7)39(51)49-21-25(5)17-33(49)37-43-19-31(45-37)29-13-9-27(10-14-29)28-11-15-30(16-12-28)32-20-44-38(46-32)34-18-26(6)22-50(34)40(52)36(24(3)4)48-42(54)56-8/h9-16,19-20,23-26,33-36H,17-18,21-22H2,1-8H3,(H,43,45)(H,44,46)(H,47,53)(H,48,54)/t25-,26-,33+,34+,35?,36?/m1/s1. The average Bonchev–Trinajstić information content (AvgIpc) is 4.02. The van der Waals surface area contributed by atoms with Crippen molar-refractivity contribution in [2.24, 2.45) is 23.7 Å². The Morgan fingerprint density at radius 3 is 1.29 bits per heavy atom. The molecule has 14 heteroatoms. The van der Waals surface area contributed by atoms with Gasteiger partial charge in [0, 0.05) is 13.1 Å². The van der Waals surface area contributed by atoms with Gasteiger partial charge in [-0.15, -0.1) is 0 Å². The van der Waals surface area contributed by atoms with Crippen molar-refractivity contribution in [3.05, 3.63) is 72.6 Å². The molecule has 0 radical (unpaired) electrons. The number of carbonyl (C=O) groups is 4. The molecule has 4 heterocycles. The molecule has 2 aromatic heterocycles. The number of methoxy groups -OCH3 is 2. The van der Waals surface area contributed by atoms with E-state index in [1.54, 1.807) is 12.4 Å². The van der Waals surface area contributed by atoms with Crippen LogP contribution in [0.4, 0.5) is 9.59 Å². The van der Waals surface area contributed by atoms with Gasteiger partial charge in [0.2, 0.25) is 11.8 Å². The van der Waals surface area contributed by atoms with Gasteiger partial charge in [0.1, 0.15) is 23.7 Å². The van der Waals surface area contributed by atoms with Crippen LogP contribution in [0.5, 0.6) is 0 Å². The lowest BCUT2D eigenvalue weighted by atomic mass is 10.0. The molecule has 6 rings (SSSR count). The van der Waals surface area contributed by atoms with Crippen molar-refractivity contribution in [2.75, 3.05) is 27.3 Å². The molecule has 56 heavy (non-hydrogen) atoms. The maximum Gasteiger partial charge on any atom is 0.407 e. The Kier molecular flexibility index (Phi) is 12.2. The lowest BCUT2D eigenvalue weighted by Gasteiger charge is -2.30. The van der Waals surface area contributed by atoms with E-state index in [-0.39, 0.29) is 47.6 Å². The predicted octanol–water partition coefficient (Wildman–Crippen LogP) is 6.71. The average molecular weight is 767 g/mol. The van der Waals surface area contributed by atoms with E-state index in [9.17, 15) is 19.2 Å². The summed E-state index contributed by atoms with van der Waals surface area (Å²) in [6.45, 7) is 13.0. The van der Waals surface area contributed by atoms with Crippen LogP contribution in [0.25, 0.3) is 33.6 Å². The molecular weight excluding hydrogens is 713 g/mol. The fourth-order valence-electron chi connectivity index (χ4n) is 7.84. The lowest BCUT2D eigenvalue weighted by Crippen LogP contribution is -2.51. The third kappa shape index (κ3) is 8.58. The van der Waals surface area contributed by atoms with Gasteiger partial charge in [-0.2, -0.15) is 0 Å². The van der Waals surface area contributed by atoms with E-state index in [4.69, 9.17) is 19.4 Å². The second-order valence-corrected chi connectivity index (χ2v) is 15.9. The molecule has 2 fully saturated rings. The summed E-state index contributed by atoms with van der Waals surface area (Å²) in [5.41, 5.74) is 5.76. The fourth-order valence-corrected chi connectivity index (χ4v) is 7.84. The van der Waals surface area contributed by atoms with E-state index < -0.39 is 24.3 Å². The Balaban J connectivity index is 1.13. The number of rotatable bonds is 11. The number of H-pyrrole nitrogens is 2. The maximum atomic E-state index is 13.7. The number of aromatic amines is 2. The number of benzene rings is 2. The summed E-state index contributed by atoms with van der Waals surface area (Å²) in [5.74, 6) is 1.48. The molecule has 298 valence electrons. The normalized spacial score (nSPS) is 20.6. The van der Waals surface area contributed by atoms with Crippen LogP contribution in [0.3, 0.4) is 0 Å². The van der Waals surface area contributed by atoms with Gasteiger partial charge in [0.25, 0.3) is 0 Å². The van der Waals surface area contributed by atoms with Crippen molar-refractivity contribution in [1.82, 2.24) is 40.4 Å². The van der Waals surface area contributed by atoms with Crippen LogP contribution in [0.2, 0.25) is 0 Å². The largest absolute Gasteiger partial charge is 0.453 e. The van der Waals surface area contributed by atoms with Crippen LogP contribution in [-0.2, 0) is 19.1 Å². The highest BCUT2D eigenvalue weighted by molar-refractivity contribution is 5.87. The highest BCUT2D eigenvalue weighted by Crippen LogP contribution is 2.38. The monoisotopic (exact) mass is 766 g/mol. The van der Waals surface area contributed by atoms with Gasteiger partial charge < -0.3 is 39.9 Å². The first-order valence-electron chi connectivity index (χ1n) is 19.4. The van der Waals surface area contributed by atoms with Crippen molar-refractivity contribution in [1.29, 1.82) is 0 Å². The highest BCUT2D eigenvalue weighted by atomic mass is 16.5. The zero-order chi connectivity index (χ0) is 40.3. The summed E-state index contributed by atoms with van der Waals surface area (Å²) in [6, 6.07) is 14.6. The molecule has 6 atom stereocenters. The molecule has 2 saturated heterocycles. The van der Waals surface area contributed by atoms with E-state index in [0.717, 1.165) is 58.1 Å². The van der Waals surface area contributed by atoms with Crippen LogP contribution in [-0.4, -0.2) is 93.1 Å². The van der Waals surface area contributed by atoms with Gasteiger partial charge in [-0.25, -0.2) is 19.6 Å². The number of imidazole rings is 2. The first-order chi connectivity index (χ1) is 26.8. The lowest BCUT2D eigenvalue weighted by molar-refractivity contribution is -0.136. The molecule has 4 aromatic rings. The van der Waals surface area contributed by atoms with Crippen LogP contribution in [0.15, 0.2) is 60.9 Å². The van der Waals surface area contributed by atoms with Crippen LogP contribution in [0, 0.1) is 23.7 Å². The number of hydrogen-bond acceptors (Lipinski definition) is 8. The van der Waals surface area contributed by atoms with Crippen molar-refractivity contribution >= 4 is 24.0 Å². The summed E-state index contributed by atoms with van der Waals surface area (Å²) < 4.78 is 9.55. The van der Waals surface area contributed by atoms with Crippen LogP contribution in [0.1, 0.15) is 78.1 Å². The Morgan fingerprint density at radius 1 is 0.625 bits per heavy atom. The molecule has 2 aromatic carbocycles. The smallest absolute Gasteiger partial charge is 0.407 e. The SMILES string of the molecule is COC(=O)NC(C(=O)N1C[C@H](C)C[C@H]1c1ncc(-c2ccc(-c3ccc(-c4cnc([C@@H]5C[C@@H](C)CN5C(=O)C(NC(=O)OC)C(C)C)[nH]4)cc3)cc2)[nH]1)C(C)C. The van der Waals surface area contributed by atoms with Crippen molar-refractivity contribution in [3.8, 4) is 33.6 Å². The number of hydrogen-bond donors (Lipinski definition) is 4. The van der Waals surface area contributed by atoms with E-state index in [0.29, 0.717) is 13.1 Å². The fraction of sp³-hybridized carbons (Fsp3) is 0.476. The Labute approximate surface area is 328 Å². The molecule has 0 bridgehead atoms. The molecule has 2 aliphatic heterocycles. The van der Waals surface area contributed by atoms with E-state index >= 15 is 0 Å². The van der Waals surface area contributed by atoms with Gasteiger partial charge in [0.15, 0.2) is 0 Å². The molecule has 14 nitrogen and oxygen atoms in total. The van der Waals surface area contributed by atoms with Crippen molar-refractivity contribution < 1.29 is 28.7 Å². The first kappa shape index (κ1) is 40.0. The first-order valence-corrected chi connectivity index (χ1v) is 19.4. The zero-order valence-corrected chi connectivity index (χ0v) is 33.5. The molecule has 4 N–H and O–H groups in total. The zero-order valence-electron chi connectivity index (χ0n) is 33.5. The molecule has 4 amide bonds. The summed E-state index contributed by atoms with van der Waals surface area (Å²) >= 11 is 0. The molecule has 0 aliphatic carbocycles. The van der Waals surface area contributed by atoms with Gasteiger partial charge in [-0.3, -0.25) is 9.59 Å². The van der Waals surface area contributed by atoms with Crippen LogP contribution >= 0.6 is 0 Å². The summed E-state index contributed by atoms with van der Waals surface area (Å²) in [4.78, 5) is 71.3. The quantitative estimate of drug-likeness (QED) is 0.130. The number of likely N-dealkylation sites (tertiary alicyclic amines) is 2.